The quantitative estimate of drug-likeness (QED) is 0.859. The molecule has 1 aromatic heterocycles. The summed E-state index contributed by atoms with van der Waals surface area (Å²) in [5.41, 5.74) is 0. The van der Waals surface area contributed by atoms with Crippen LogP contribution in [0.4, 0.5) is 0 Å². The molecule has 1 fully saturated rings. The highest BCUT2D eigenvalue weighted by Gasteiger charge is 2.18. The predicted octanol–water partition coefficient (Wildman–Crippen LogP) is 4.43. The molecule has 0 spiro atoms. The summed E-state index contributed by atoms with van der Waals surface area (Å²) in [5, 5.41) is 3.09. The number of nitrogens with one attached hydrogen (secondary N) is 1. The third-order valence-electron chi connectivity index (χ3n) is 4.61. The van der Waals surface area contributed by atoms with Gasteiger partial charge in [0.05, 0.1) is 16.6 Å². The molecule has 0 aliphatic heterocycles. The SMILES string of the molecule is O=C(NC1CCCCCCC1)c1ccc(CS(=O)c2ccccc2)o1. The van der Waals surface area contributed by atoms with Gasteiger partial charge in [0, 0.05) is 10.9 Å². The normalized spacial score (nSPS) is 17.4. The van der Waals surface area contributed by atoms with Gasteiger partial charge in [-0.25, -0.2) is 0 Å². The van der Waals surface area contributed by atoms with Crippen LogP contribution in [0, 0.1) is 0 Å². The number of amides is 1. The summed E-state index contributed by atoms with van der Waals surface area (Å²) in [7, 11) is -1.17. The highest BCUT2D eigenvalue weighted by atomic mass is 32.2. The van der Waals surface area contributed by atoms with Crippen molar-refractivity contribution in [2.45, 2.75) is 61.6 Å². The lowest BCUT2D eigenvalue weighted by atomic mass is 9.97. The van der Waals surface area contributed by atoms with Crippen molar-refractivity contribution in [1.82, 2.24) is 5.32 Å². The molecule has 0 saturated heterocycles. The summed E-state index contributed by atoms with van der Waals surface area (Å²) in [4.78, 5) is 13.2. The maximum atomic E-state index is 12.4. The third kappa shape index (κ3) is 5.30. The Morgan fingerprint density at radius 3 is 2.40 bits per heavy atom. The first-order valence-electron chi connectivity index (χ1n) is 9.05. The summed E-state index contributed by atoms with van der Waals surface area (Å²) in [6.07, 6.45) is 8.23. The average Bonchev–Trinajstić information content (AvgIpc) is 3.06. The zero-order chi connectivity index (χ0) is 17.5. The molecular formula is C20H25NO3S. The van der Waals surface area contributed by atoms with Crippen LogP contribution < -0.4 is 5.32 Å². The Morgan fingerprint density at radius 1 is 1.00 bits per heavy atom. The Morgan fingerprint density at radius 2 is 1.68 bits per heavy atom. The fourth-order valence-corrected chi connectivity index (χ4v) is 4.26. The van der Waals surface area contributed by atoms with E-state index in [0.717, 1.165) is 17.7 Å². The molecule has 134 valence electrons. The molecule has 25 heavy (non-hydrogen) atoms. The Bertz CT molecular complexity index is 703. The van der Waals surface area contributed by atoms with Crippen LogP contribution in [0.1, 0.15) is 61.3 Å². The highest BCUT2D eigenvalue weighted by Crippen LogP contribution is 2.19. The van der Waals surface area contributed by atoms with Crippen molar-refractivity contribution in [1.29, 1.82) is 0 Å². The highest BCUT2D eigenvalue weighted by molar-refractivity contribution is 7.84. The predicted molar refractivity (Wildman–Crippen MR) is 98.8 cm³/mol. The van der Waals surface area contributed by atoms with E-state index in [0.29, 0.717) is 11.5 Å². The summed E-state index contributed by atoms with van der Waals surface area (Å²) >= 11 is 0. The Labute approximate surface area is 151 Å². The second kappa shape index (κ2) is 8.99. The minimum atomic E-state index is -1.17. The second-order valence-electron chi connectivity index (χ2n) is 6.58. The molecule has 1 unspecified atom stereocenters. The molecule has 1 saturated carbocycles. The molecule has 3 rings (SSSR count). The van der Waals surface area contributed by atoms with Gasteiger partial charge in [-0.1, -0.05) is 50.3 Å². The van der Waals surface area contributed by atoms with Gasteiger partial charge in [0.15, 0.2) is 5.76 Å². The molecule has 4 nitrogen and oxygen atoms in total. The Balaban J connectivity index is 1.56. The van der Waals surface area contributed by atoms with E-state index in [1.165, 1.54) is 32.1 Å². The van der Waals surface area contributed by atoms with Gasteiger partial charge in [0.2, 0.25) is 0 Å². The minimum absolute atomic E-state index is 0.165. The smallest absolute Gasteiger partial charge is 0.287 e. The maximum absolute atomic E-state index is 12.4. The van der Waals surface area contributed by atoms with E-state index in [2.05, 4.69) is 5.32 Å². The minimum Gasteiger partial charge on any atom is -0.455 e. The van der Waals surface area contributed by atoms with Crippen molar-refractivity contribution in [2.75, 3.05) is 0 Å². The molecule has 1 aliphatic rings. The average molecular weight is 359 g/mol. The molecular weight excluding hydrogens is 334 g/mol. The van der Waals surface area contributed by atoms with Gasteiger partial charge in [-0.3, -0.25) is 9.00 Å². The Hall–Kier alpha value is -1.88. The van der Waals surface area contributed by atoms with Crippen LogP contribution >= 0.6 is 0 Å². The van der Waals surface area contributed by atoms with Crippen LogP contribution in [0.15, 0.2) is 51.8 Å². The number of hydrogen-bond donors (Lipinski definition) is 1. The second-order valence-corrected chi connectivity index (χ2v) is 8.04. The lowest BCUT2D eigenvalue weighted by Gasteiger charge is -2.20. The molecule has 1 heterocycles. The van der Waals surface area contributed by atoms with Crippen molar-refractivity contribution in [3.05, 3.63) is 54.0 Å². The molecule has 1 N–H and O–H groups in total. The third-order valence-corrected chi connectivity index (χ3v) is 5.95. The number of rotatable bonds is 5. The molecule has 1 aromatic carbocycles. The summed E-state index contributed by atoms with van der Waals surface area (Å²) in [6.45, 7) is 0. The molecule has 1 atom stereocenters. The van der Waals surface area contributed by atoms with Crippen LogP contribution in [0.5, 0.6) is 0 Å². The number of hydrogen-bond acceptors (Lipinski definition) is 3. The topological polar surface area (TPSA) is 59.3 Å². The number of benzene rings is 1. The van der Waals surface area contributed by atoms with Crippen molar-refractivity contribution in [2.24, 2.45) is 0 Å². The first kappa shape index (κ1) is 17.9. The van der Waals surface area contributed by atoms with E-state index < -0.39 is 10.8 Å². The van der Waals surface area contributed by atoms with Crippen molar-refractivity contribution < 1.29 is 13.4 Å². The largest absolute Gasteiger partial charge is 0.455 e. The van der Waals surface area contributed by atoms with Gasteiger partial charge in [-0.2, -0.15) is 0 Å². The van der Waals surface area contributed by atoms with Gasteiger partial charge in [0.1, 0.15) is 5.76 Å². The monoisotopic (exact) mass is 359 g/mol. The number of carbonyl (C=O) groups excluding carboxylic acids is 1. The van der Waals surface area contributed by atoms with Crippen LogP contribution in [-0.4, -0.2) is 16.2 Å². The van der Waals surface area contributed by atoms with Gasteiger partial charge < -0.3 is 9.73 Å². The van der Waals surface area contributed by atoms with Gasteiger partial charge >= 0.3 is 0 Å². The van der Waals surface area contributed by atoms with E-state index in [4.69, 9.17) is 4.42 Å². The molecule has 5 heteroatoms. The lowest BCUT2D eigenvalue weighted by Crippen LogP contribution is -2.35. The van der Waals surface area contributed by atoms with E-state index in [9.17, 15) is 9.00 Å². The summed E-state index contributed by atoms with van der Waals surface area (Å²) < 4.78 is 18.0. The van der Waals surface area contributed by atoms with Crippen LogP contribution in [0.25, 0.3) is 0 Å². The number of carbonyl (C=O) groups is 1. The summed E-state index contributed by atoms with van der Waals surface area (Å²) in [6, 6.07) is 12.9. The van der Waals surface area contributed by atoms with Gasteiger partial charge in [0.25, 0.3) is 5.91 Å². The standard InChI is InChI=1S/C20H25NO3S/c22-20(21-16-9-5-2-1-3-6-10-16)19-14-13-17(24-19)15-25(23)18-11-7-4-8-12-18/h4,7-8,11-14,16H,1-3,5-6,9-10,15H2,(H,21,22). The fourth-order valence-electron chi connectivity index (χ4n) is 3.22. The van der Waals surface area contributed by atoms with E-state index in [-0.39, 0.29) is 17.7 Å². The van der Waals surface area contributed by atoms with Crippen molar-refractivity contribution in [3.8, 4) is 0 Å². The zero-order valence-electron chi connectivity index (χ0n) is 14.4. The number of furan rings is 1. The fraction of sp³-hybridized carbons (Fsp3) is 0.450. The van der Waals surface area contributed by atoms with Gasteiger partial charge in [-0.05, 0) is 37.1 Å². The first-order valence-corrected chi connectivity index (χ1v) is 10.4. The lowest BCUT2D eigenvalue weighted by molar-refractivity contribution is 0.0901. The first-order chi connectivity index (χ1) is 12.2. The summed E-state index contributed by atoms with van der Waals surface area (Å²) in [5.74, 6) is 0.996. The molecule has 2 aromatic rings. The van der Waals surface area contributed by atoms with E-state index in [1.54, 1.807) is 12.1 Å². The molecule has 1 amide bonds. The van der Waals surface area contributed by atoms with Crippen molar-refractivity contribution >= 4 is 16.7 Å². The molecule has 0 bridgehead atoms. The van der Waals surface area contributed by atoms with Crippen LogP contribution in [0.3, 0.4) is 0 Å². The van der Waals surface area contributed by atoms with Gasteiger partial charge in [-0.15, -0.1) is 0 Å². The maximum Gasteiger partial charge on any atom is 0.287 e. The zero-order valence-corrected chi connectivity index (χ0v) is 15.2. The van der Waals surface area contributed by atoms with Crippen LogP contribution in [-0.2, 0) is 16.6 Å². The van der Waals surface area contributed by atoms with E-state index >= 15 is 0 Å². The van der Waals surface area contributed by atoms with Crippen LogP contribution in [0.2, 0.25) is 0 Å². The van der Waals surface area contributed by atoms with E-state index in [1.807, 2.05) is 30.3 Å². The molecule has 1 aliphatic carbocycles. The molecule has 0 radical (unpaired) electrons. The Kier molecular flexibility index (Phi) is 6.45. The van der Waals surface area contributed by atoms with Crippen molar-refractivity contribution in [3.63, 3.8) is 0 Å².